The van der Waals surface area contributed by atoms with E-state index in [1.165, 1.54) is 44.1 Å². The van der Waals surface area contributed by atoms with Gasteiger partial charge in [0.15, 0.2) is 0 Å². The van der Waals surface area contributed by atoms with Crippen LogP contribution >= 0.6 is 27.5 Å². The largest absolute Gasteiger partial charge is 0.310 e. The number of halogens is 2. The van der Waals surface area contributed by atoms with Gasteiger partial charge >= 0.3 is 0 Å². The number of hydrogen-bond donors (Lipinski definition) is 1. The third-order valence-corrected chi connectivity index (χ3v) is 4.93. The van der Waals surface area contributed by atoms with Crippen LogP contribution < -0.4 is 5.32 Å². The van der Waals surface area contributed by atoms with Crippen LogP contribution in [0.15, 0.2) is 22.7 Å². The number of nitrogens with one attached hydrogen (secondary N) is 1. The van der Waals surface area contributed by atoms with Crippen molar-refractivity contribution in [2.24, 2.45) is 5.92 Å². The molecular weight excluding hydrogens is 322 g/mol. The Balaban J connectivity index is 2.24. The third kappa shape index (κ3) is 4.21. The summed E-state index contributed by atoms with van der Waals surface area (Å²) in [5.74, 6) is 0.717. The molecule has 0 amide bonds. The van der Waals surface area contributed by atoms with Gasteiger partial charge in [0.1, 0.15) is 0 Å². The van der Waals surface area contributed by atoms with E-state index in [-0.39, 0.29) is 0 Å². The molecule has 1 unspecified atom stereocenters. The third-order valence-electron chi connectivity index (χ3n) is 4.09. The van der Waals surface area contributed by atoms with E-state index in [9.17, 15) is 0 Å². The summed E-state index contributed by atoms with van der Waals surface area (Å²) in [6, 6.07) is 6.60. The maximum atomic E-state index is 6.43. The van der Waals surface area contributed by atoms with Crippen molar-refractivity contribution in [1.29, 1.82) is 0 Å². The minimum absolute atomic E-state index is 0.396. The van der Waals surface area contributed by atoms with Gasteiger partial charge in [-0.05, 0) is 49.1 Å². The minimum atomic E-state index is 0.396. The molecule has 0 aliphatic heterocycles. The average molecular weight is 345 g/mol. The molecule has 0 aromatic heterocycles. The Morgan fingerprint density at radius 2 is 1.95 bits per heavy atom. The summed E-state index contributed by atoms with van der Waals surface area (Å²) in [4.78, 5) is 0. The molecule has 1 N–H and O–H groups in total. The quantitative estimate of drug-likeness (QED) is 0.688. The predicted molar refractivity (Wildman–Crippen MR) is 86.8 cm³/mol. The van der Waals surface area contributed by atoms with Gasteiger partial charge in [-0.1, -0.05) is 60.1 Å². The monoisotopic (exact) mass is 343 g/mol. The van der Waals surface area contributed by atoms with E-state index >= 15 is 0 Å². The lowest BCUT2D eigenvalue weighted by atomic mass is 9.87. The van der Waals surface area contributed by atoms with Crippen molar-refractivity contribution in [2.45, 2.75) is 51.5 Å². The molecule has 0 spiro atoms. The van der Waals surface area contributed by atoms with Gasteiger partial charge in [-0.25, -0.2) is 0 Å². The van der Waals surface area contributed by atoms with Gasteiger partial charge < -0.3 is 5.32 Å². The van der Waals surface area contributed by atoms with Crippen molar-refractivity contribution in [3.05, 3.63) is 33.3 Å². The van der Waals surface area contributed by atoms with Crippen LogP contribution in [0.5, 0.6) is 0 Å². The normalized spacial score (nSPS) is 19.1. The van der Waals surface area contributed by atoms with E-state index in [2.05, 4.69) is 34.2 Å². The number of benzene rings is 1. The molecule has 1 nitrogen and oxygen atoms in total. The van der Waals surface area contributed by atoms with Crippen molar-refractivity contribution in [3.63, 3.8) is 0 Å². The first-order valence-electron chi connectivity index (χ1n) is 7.40. The second kappa shape index (κ2) is 7.66. The fourth-order valence-corrected chi connectivity index (χ4v) is 3.76. The molecule has 3 heteroatoms. The molecule has 0 bridgehead atoms. The predicted octanol–water partition coefficient (Wildman–Crippen LogP) is 5.72. The fourth-order valence-electron chi connectivity index (χ4n) is 3.15. The summed E-state index contributed by atoms with van der Waals surface area (Å²) in [7, 11) is 0. The van der Waals surface area contributed by atoms with Crippen LogP contribution in [0.2, 0.25) is 5.02 Å². The molecule has 1 fully saturated rings. The van der Waals surface area contributed by atoms with Crippen molar-refractivity contribution in [1.82, 2.24) is 5.32 Å². The Kier molecular flexibility index (Phi) is 6.18. The molecular formula is C16H23BrClN. The molecule has 1 aliphatic carbocycles. The van der Waals surface area contributed by atoms with Crippen molar-refractivity contribution >= 4 is 27.5 Å². The van der Waals surface area contributed by atoms with Crippen LogP contribution in [0, 0.1) is 5.92 Å². The van der Waals surface area contributed by atoms with Gasteiger partial charge in [-0.3, -0.25) is 0 Å². The molecule has 0 heterocycles. The zero-order chi connectivity index (χ0) is 13.7. The van der Waals surface area contributed by atoms with Crippen LogP contribution in [0.25, 0.3) is 0 Å². The summed E-state index contributed by atoms with van der Waals surface area (Å²) in [5.41, 5.74) is 1.25. The minimum Gasteiger partial charge on any atom is -0.310 e. The van der Waals surface area contributed by atoms with E-state index in [1.54, 1.807) is 0 Å². The highest BCUT2D eigenvalue weighted by molar-refractivity contribution is 9.10. The first kappa shape index (κ1) is 15.3. The number of hydrogen-bond acceptors (Lipinski definition) is 1. The van der Waals surface area contributed by atoms with Crippen LogP contribution in [0.1, 0.15) is 57.1 Å². The molecule has 1 saturated carbocycles. The van der Waals surface area contributed by atoms with Crippen molar-refractivity contribution in [3.8, 4) is 0 Å². The Morgan fingerprint density at radius 1 is 1.26 bits per heavy atom. The smallest absolute Gasteiger partial charge is 0.0454 e. The Bertz CT molecular complexity index is 400. The lowest BCUT2D eigenvalue weighted by Gasteiger charge is -2.28. The van der Waals surface area contributed by atoms with Crippen LogP contribution in [-0.4, -0.2) is 6.54 Å². The van der Waals surface area contributed by atoms with E-state index in [0.29, 0.717) is 12.0 Å². The maximum Gasteiger partial charge on any atom is 0.0454 e. The van der Waals surface area contributed by atoms with Crippen LogP contribution in [0.3, 0.4) is 0 Å². The summed E-state index contributed by atoms with van der Waals surface area (Å²) in [6.45, 7) is 3.17. The average Bonchev–Trinajstić information content (AvgIpc) is 2.68. The van der Waals surface area contributed by atoms with E-state index < -0.39 is 0 Å². The first-order valence-corrected chi connectivity index (χ1v) is 8.57. The Morgan fingerprint density at radius 3 is 2.58 bits per heavy atom. The summed E-state index contributed by atoms with van der Waals surface area (Å²) in [6.07, 6.45) is 8.14. The van der Waals surface area contributed by atoms with Gasteiger partial charge in [0, 0.05) is 15.5 Å². The van der Waals surface area contributed by atoms with E-state index in [4.69, 9.17) is 11.6 Å². The fraction of sp³-hybridized carbons (Fsp3) is 0.625. The molecule has 1 atom stereocenters. The SMILES string of the molecule is CCNC(c1cc(Br)ccc1Cl)C1CCCCCC1. The molecule has 1 aliphatic rings. The lowest BCUT2D eigenvalue weighted by Crippen LogP contribution is -2.28. The molecule has 0 saturated heterocycles. The van der Waals surface area contributed by atoms with Gasteiger partial charge in [0.2, 0.25) is 0 Å². The zero-order valence-corrected chi connectivity index (χ0v) is 13.9. The van der Waals surface area contributed by atoms with Gasteiger partial charge in [0.25, 0.3) is 0 Å². The van der Waals surface area contributed by atoms with Crippen LogP contribution in [0.4, 0.5) is 0 Å². The molecule has 106 valence electrons. The van der Waals surface area contributed by atoms with Gasteiger partial charge in [-0.15, -0.1) is 0 Å². The number of rotatable bonds is 4. The molecule has 2 rings (SSSR count). The second-order valence-corrected chi connectivity index (χ2v) is 6.78. The second-order valence-electron chi connectivity index (χ2n) is 5.45. The molecule has 0 radical (unpaired) electrons. The summed E-state index contributed by atoms with van der Waals surface area (Å²) >= 11 is 9.99. The molecule has 1 aromatic rings. The standard InChI is InChI=1S/C16H23BrClN/c1-2-19-16(12-7-5-3-4-6-8-12)14-11-13(17)9-10-15(14)18/h9-12,16,19H,2-8H2,1H3. The highest BCUT2D eigenvalue weighted by atomic mass is 79.9. The zero-order valence-electron chi connectivity index (χ0n) is 11.6. The van der Waals surface area contributed by atoms with Crippen LogP contribution in [-0.2, 0) is 0 Å². The van der Waals surface area contributed by atoms with Crippen molar-refractivity contribution < 1.29 is 0 Å². The molecule has 1 aromatic carbocycles. The van der Waals surface area contributed by atoms with Gasteiger partial charge in [0.05, 0.1) is 0 Å². The highest BCUT2D eigenvalue weighted by Crippen LogP contribution is 2.37. The Hall–Kier alpha value is -0.0500. The highest BCUT2D eigenvalue weighted by Gasteiger charge is 2.25. The topological polar surface area (TPSA) is 12.0 Å². The van der Waals surface area contributed by atoms with Crippen molar-refractivity contribution in [2.75, 3.05) is 6.54 Å². The Labute approximate surface area is 130 Å². The maximum absolute atomic E-state index is 6.43. The summed E-state index contributed by atoms with van der Waals surface area (Å²) < 4.78 is 1.11. The lowest BCUT2D eigenvalue weighted by molar-refractivity contribution is 0.330. The first-order chi connectivity index (χ1) is 9.22. The molecule has 19 heavy (non-hydrogen) atoms. The van der Waals surface area contributed by atoms with Gasteiger partial charge in [-0.2, -0.15) is 0 Å². The van der Waals surface area contributed by atoms with E-state index in [0.717, 1.165) is 16.0 Å². The van der Waals surface area contributed by atoms with E-state index in [1.807, 2.05) is 12.1 Å². The summed E-state index contributed by atoms with van der Waals surface area (Å²) in [5, 5.41) is 4.55.